The van der Waals surface area contributed by atoms with Gasteiger partial charge in [-0.15, -0.1) is 0 Å². The van der Waals surface area contributed by atoms with Crippen molar-refractivity contribution in [3.05, 3.63) is 0 Å². The van der Waals surface area contributed by atoms with Crippen LogP contribution in [0.1, 0.15) is 46.5 Å². The minimum Gasteiger partial charge on any atom is -0.313 e. The Bertz CT molecular complexity index is 352. The van der Waals surface area contributed by atoms with Gasteiger partial charge < -0.3 is 5.32 Å². The third-order valence-corrected chi connectivity index (χ3v) is 5.43. The maximum Gasteiger partial charge on any atom is 0.211 e. The van der Waals surface area contributed by atoms with Crippen molar-refractivity contribution >= 4 is 10.0 Å². The van der Waals surface area contributed by atoms with Crippen molar-refractivity contribution in [1.29, 1.82) is 0 Å². The first-order valence-electron chi connectivity index (χ1n) is 6.96. The first kappa shape index (κ1) is 15.9. The summed E-state index contributed by atoms with van der Waals surface area (Å²) in [6.45, 7) is 8.59. The highest BCUT2D eigenvalue weighted by atomic mass is 32.2. The van der Waals surface area contributed by atoms with Crippen molar-refractivity contribution in [2.24, 2.45) is 5.41 Å². The molecule has 0 radical (unpaired) electrons. The molecule has 0 saturated heterocycles. The van der Waals surface area contributed by atoms with Gasteiger partial charge in [0.25, 0.3) is 0 Å². The molecule has 0 amide bonds. The number of sulfonamides is 1. The van der Waals surface area contributed by atoms with E-state index in [1.807, 2.05) is 6.92 Å². The molecule has 1 saturated carbocycles. The molecule has 1 aliphatic rings. The Morgan fingerprint density at radius 3 is 2.50 bits per heavy atom. The molecule has 1 N–H and O–H groups in total. The molecule has 1 fully saturated rings. The van der Waals surface area contributed by atoms with Crippen LogP contribution in [0.4, 0.5) is 0 Å². The Morgan fingerprint density at radius 1 is 1.39 bits per heavy atom. The first-order chi connectivity index (χ1) is 8.27. The minimum atomic E-state index is -3.03. The SMILES string of the molecule is CCN(CCCNC1CCCC1(C)C)S(C)(=O)=O. The van der Waals surface area contributed by atoms with Gasteiger partial charge in [0.05, 0.1) is 6.26 Å². The Labute approximate surface area is 112 Å². The van der Waals surface area contributed by atoms with Crippen LogP contribution >= 0.6 is 0 Å². The highest BCUT2D eigenvalue weighted by Crippen LogP contribution is 2.36. The Kier molecular flexibility index (Phi) is 5.62. The van der Waals surface area contributed by atoms with Gasteiger partial charge in [-0.05, 0) is 31.2 Å². The maximum atomic E-state index is 11.4. The number of hydrogen-bond donors (Lipinski definition) is 1. The summed E-state index contributed by atoms with van der Waals surface area (Å²) in [6.07, 6.45) is 6.00. The smallest absolute Gasteiger partial charge is 0.211 e. The van der Waals surface area contributed by atoms with Crippen LogP contribution < -0.4 is 5.32 Å². The van der Waals surface area contributed by atoms with Crippen molar-refractivity contribution in [3.63, 3.8) is 0 Å². The Morgan fingerprint density at radius 2 is 2.06 bits per heavy atom. The molecule has 1 aliphatic carbocycles. The van der Waals surface area contributed by atoms with Gasteiger partial charge in [0, 0.05) is 19.1 Å². The molecule has 5 heteroatoms. The summed E-state index contributed by atoms with van der Waals surface area (Å²) in [5, 5.41) is 3.58. The first-order valence-corrected chi connectivity index (χ1v) is 8.80. The van der Waals surface area contributed by atoms with Crippen LogP contribution in [-0.4, -0.2) is 44.7 Å². The molecular weight excluding hydrogens is 248 g/mol. The van der Waals surface area contributed by atoms with E-state index in [4.69, 9.17) is 0 Å². The highest BCUT2D eigenvalue weighted by molar-refractivity contribution is 7.88. The zero-order chi connectivity index (χ0) is 13.8. The second-order valence-electron chi connectivity index (χ2n) is 6.00. The van der Waals surface area contributed by atoms with Crippen molar-refractivity contribution in [3.8, 4) is 0 Å². The molecule has 0 aromatic rings. The van der Waals surface area contributed by atoms with E-state index >= 15 is 0 Å². The molecule has 108 valence electrons. The van der Waals surface area contributed by atoms with Gasteiger partial charge in [0.2, 0.25) is 10.0 Å². The predicted octanol–water partition coefficient (Wildman–Crippen LogP) is 1.83. The molecule has 0 aliphatic heterocycles. The topological polar surface area (TPSA) is 49.4 Å². The molecule has 4 nitrogen and oxygen atoms in total. The molecule has 1 unspecified atom stereocenters. The molecule has 0 spiro atoms. The van der Waals surface area contributed by atoms with E-state index in [0.29, 0.717) is 24.5 Å². The van der Waals surface area contributed by atoms with Crippen LogP contribution in [0.2, 0.25) is 0 Å². The summed E-state index contributed by atoms with van der Waals surface area (Å²) in [6, 6.07) is 0.589. The normalized spacial score (nSPS) is 23.7. The third kappa shape index (κ3) is 4.52. The summed E-state index contributed by atoms with van der Waals surface area (Å²) < 4.78 is 24.4. The number of rotatable bonds is 7. The van der Waals surface area contributed by atoms with Crippen LogP contribution in [-0.2, 0) is 10.0 Å². The lowest BCUT2D eigenvalue weighted by Gasteiger charge is -2.28. The standard InChI is InChI=1S/C13H28N2O2S/c1-5-15(18(4,16)17)11-7-10-14-12-8-6-9-13(12,2)3/h12,14H,5-11H2,1-4H3. The van der Waals surface area contributed by atoms with Gasteiger partial charge >= 0.3 is 0 Å². The molecule has 1 rings (SSSR count). The fourth-order valence-corrected chi connectivity index (χ4v) is 3.73. The van der Waals surface area contributed by atoms with Crippen molar-refractivity contribution in [2.45, 2.75) is 52.5 Å². The zero-order valence-corrected chi connectivity index (χ0v) is 13.0. The highest BCUT2D eigenvalue weighted by Gasteiger charge is 2.33. The Hall–Kier alpha value is -0.130. The summed E-state index contributed by atoms with van der Waals surface area (Å²) in [7, 11) is -3.03. The van der Waals surface area contributed by atoms with Crippen molar-refractivity contribution in [2.75, 3.05) is 25.9 Å². The molecule has 18 heavy (non-hydrogen) atoms. The van der Waals surface area contributed by atoms with Gasteiger partial charge in [-0.3, -0.25) is 0 Å². The zero-order valence-electron chi connectivity index (χ0n) is 12.2. The maximum absolute atomic E-state index is 11.4. The summed E-state index contributed by atoms with van der Waals surface area (Å²) >= 11 is 0. The quantitative estimate of drug-likeness (QED) is 0.722. The van der Waals surface area contributed by atoms with E-state index in [9.17, 15) is 8.42 Å². The van der Waals surface area contributed by atoms with Crippen LogP contribution in [0.5, 0.6) is 0 Å². The van der Waals surface area contributed by atoms with Gasteiger partial charge in [-0.1, -0.05) is 27.2 Å². The monoisotopic (exact) mass is 276 g/mol. The van der Waals surface area contributed by atoms with Gasteiger partial charge in [-0.25, -0.2) is 12.7 Å². The average molecular weight is 276 g/mol. The second-order valence-corrected chi connectivity index (χ2v) is 7.98. The lowest BCUT2D eigenvalue weighted by molar-refractivity contribution is 0.280. The molecule has 1 atom stereocenters. The van der Waals surface area contributed by atoms with Crippen molar-refractivity contribution in [1.82, 2.24) is 9.62 Å². The molecular formula is C13H28N2O2S. The van der Waals surface area contributed by atoms with Crippen LogP contribution in [0.25, 0.3) is 0 Å². The van der Waals surface area contributed by atoms with E-state index in [2.05, 4.69) is 19.2 Å². The van der Waals surface area contributed by atoms with E-state index in [1.54, 1.807) is 0 Å². The average Bonchev–Trinajstić information content (AvgIpc) is 2.56. The van der Waals surface area contributed by atoms with E-state index in [1.165, 1.54) is 29.8 Å². The van der Waals surface area contributed by atoms with Crippen LogP contribution in [0.3, 0.4) is 0 Å². The molecule has 0 bridgehead atoms. The summed E-state index contributed by atoms with van der Waals surface area (Å²) in [5.41, 5.74) is 0.390. The number of hydrogen-bond acceptors (Lipinski definition) is 3. The lowest BCUT2D eigenvalue weighted by atomic mass is 9.87. The number of nitrogens with zero attached hydrogens (tertiary/aromatic N) is 1. The fourth-order valence-electron chi connectivity index (χ4n) is 2.80. The number of nitrogens with one attached hydrogen (secondary N) is 1. The molecule has 0 heterocycles. The Balaban J connectivity index is 2.26. The van der Waals surface area contributed by atoms with Crippen molar-refractivity contribution < 1.29 is 8.42 Å². The lowest BCUT2D eigenvalue weighted by Crippen LogP contribution is -2.39. The van der Waals surface area contributed by atoms with Gasteiger partial charge in [0.1, 0.15) is 0 Å². The fraction of sp³-hybridized carbons (Fsp3) is 1.00. The van der Waals surface area contributed by atoms with Crippen LogP contribution in [0.15, 0.2) is 0 Å². The largest absolute Gasteiger partial charge is 0.313 e. The summed E-state index contributed by atoms with van der Waals surface area (Å²) in [4.78, 5) is 0. The third-order valence-electron chi connectivity index (χ3n) is 4.05. The van der Waals surface area contributed by atoms with E-state index < -0.39 is 10.0 Å². The van der Waals surface area contributed by atoms with Gasteiger partial charge in [0.15, 0.2) is 0 Å². The summed E-state index contributed by atoms with van der Waals surface area (Å²) in [5.74, 6) is 0. The van der Waals surface area contributed by atoms with Gasteiger partial charge in [-0.2, -0.15) is 0 Å². The van der Waals surface area contributed by atoms with E-state index in [0.717, 1.165) is 13.0 Å². The second kappa shape index (κ2) is 6.35. The van der Waals surface area contributed by atoms with Crippen LogP contribution in [0, 0.1) is 5.41 Å². The minimum absolute atomic E-state index is 0.390. The molecule has 0 aromatic carbocycles. The van der Waals surface area contributed by atoms with E-state index in [-0.39, 0.29) is 0 Å². The molecule has 0 aromatic heterocycles. The predicted molar refractivity (Wildman–Crippen MR) is 76.1 cm³/mol.